The lowest BCUT2D eigenvalue weighted by molar-refractivity contribution is -0.0818. The largest absolute Gasteiger partial charge is 0.393 e. The fourth-order valence-electron chi connectivity index (χ4n) is 1.13. The molecule has 1 heterocycles. The van der Waals surface area contributed by atoms with Gasteiger partial charge in [-0.25, -0.2) is 0 Å². The van der Waals surface area contributed by atoms with Crippen molar-refractivity contribution in [1.29, 1.82) is 0 Å². The van der Waals surface area contributed by atoms with Crippen molar-refractivity contribution in [3.8, 4) is 0 Å². The predicted octanol–water partition coefficient (Wildman–Crippen LogP) is -0.985. The zero-order chi connectivity index (χ0) is 7.61. The zero-order valence-electron chi connectivity index (χ0n) is 5.79. The molecule has 2 radical (unpaired) electrons. The van der Waals surface area contributed by atoms with E-state index in [0.29, 0.717) is 12.8 Å². The Morgan fingerprint density at radius 3 is 2.30 bits per heavy atom. The van der Waals surface area contributed by atoms with Crippen LogP contribution in [0.5, 0.6) is 0 Å². The number of aliphatic hydroxyl groups excluding tert-OH is 2. The number of rotatable bonds is 2. The summed E-state index contributed by atoms with van der Waals surface area (Å²) in [4.78, 5) is 0. The monoisotopic (exact) mass is 142 g/mol. The van der Waals surface area contributed by atoms with Crippen LogP contribution < -0.4 is 0 Å². The molecule has 10 heavy (non-hydrogen) atoms. The highest BCUT2D eigenvalue weighted by Gasteiger charge is 2.36. The summed E-state index contributed by atoms with van der Waals surface area (Å²) in [5.74, 6) is 0. The first-order valence-electron chi connectivity index (χ1n) is 3.37. The van der Waals surface area contributed by atoms with Crippen LogP contribution in [-0.2, 0) is 4.74 Å². The fraction of sp³-hybridized carbons (Fsp3) is 1.00. The molecule has 0 aromatic heterocycles. The molecule has 0 amide bonds. The minimum Gasteiger partial charge on any atom is -0.393 e. The Kier molecular flexibility index (Phi) is 2.34. The molecule has 0 unspecified atom stereocenters. The van der Waals surface area contributed by atoms with Crippen molar-refractivity contribution in [2.24, 2.45) is 0 Å². The van der Waals surface area contributed by atoms with E-state index in [1.165, 1.54) is 0 Å². The molecular formula is C6H11BO3. The quantitative estimate of drug-likeness (QED) is 0.487. The summed E-state index contributed by atoms with van der Waals surface area (Å²) in [5.41, 5.74) is -0.764. The first-order chi connectivity index (χ1) is 4.72. The Hall–Kier alpha value is -0.0551. The highest BCUT2D eigenvalue weighted by molar-refractivity contribution is 6.11. The smallest absolute Gasteiger partial charge is 0.113 e. The standard InChI is InChI=1S/C6H11BO3/c7-5-1-2-6(3-8,4-9)10-5/h5,8-9H,1-4H2/t5-/m1/s1. The van der Waals surface area contributed by atoms with Crippen LogP contribution in [-0.4, -0.2) is 42.9 Å². The van der Waals surface area contributed by atoms with Crippen LogP contribution in [0.25, 0.3) is 0 Å². The number of aliphatic hydroxyl groups is 2. The van der Waals surface area contributed by atoms with E-state index < -0.39 is 5.60 Å². The molecular weight excluding hydrogens is 131 g/mol. The van der Waals surface area contributed by atoms with Crippen LogP contribution in [0.4, 0.5) is 0 Å². The van der Waals surface area contributed by atoms with Gasteiger partial charge < -0.3 is 14.9 Å². The molecule has 0 spiro atoms. The summed E-state index contributed by atoms with van der Waals surface area (Å²) in [6.07, 6.45) is 1.35. The lowest BCUT2D eigenvalue weighted by atomic mass is 9.95. The van der Waals surface area contributed by atoms with E-state index in [4.69, 9.17) is 22.8 Å². The Labute approximate surface area is 61.4 Å². The molecule has 1 fully saturated rings. The van der Waals surface area contributed by atoms with Crippen molar-refractivity contribution in [2.75, 3.05) is 13.2 Å². The van der Waals surface area contributed by atoms with Crippen molar-refractivity contribution in [3.05, 3.63) is 0 Å². The average Bonchev–Trinajstić information content (AvgIpc) is 2.33. The van der Waals surface area contributed by atoms with Gasteiger partial charge in [-0.3, -0.25) is 0 Å². The third-order valence-electron chi connectivity index (χ3n) is 1.86. The van der Waals surface area contributed by atoms with E-state index in [1.54, 1.807) is 0 Å². The van der Waals surface area contributed by atoms with E-state index in [2.05, 4.69) is 0 Å². The molecule has 3 nitrogen and oxygen atoms in total. The highest BCUT2D eigenvalue weighted by Crippen LogP contribution is 2.27. The molecule has 0 saturated carbocycles. The van der Waals surface area contributed by atoms with Crippen LogP contribution in [0.15, 0.2) is 0 Å². The maximum absolute atomic E-state index is 8.79. The molecule has 56 valence electrons. The van der Waals surface area contributed by atoms with Gasteiger partial charge in [-0.2, -0.15) is 0 Å². The minimum atomic E-state index is -0.764. The van der Waals surface area contributed by atoms with Gasteiger partial charge in [0.1, 0.15) is 13.4 Å². The van der Waals surface area contributed by atoms with E-state index in [0.717, 1.165) is 0 Å². The SMILES string of the molecule is [B][C@H]1CCC(CO)(CO)O1. The van der Waals surface area contributed by atoms with Gasteiger partial charge in [0, 0.05) is 6.00 Å². The molecule has 1 aliphatic heterocycles. The van der Waals surface area contributed by atoms with Crippen molar-refractivity contribution >= 4 is 7.85 Å². The Morgan fingerprint density at radius 1 is 1.50 bits per heavy atom. The summed E-state index contributed by atoms with van der Waals surface area (Å²) < 4.78 is 5.12. The fourth-order valence-corrected chi connectivity index (χ4v) is 1.13. The molecule has 0 aliphatic carbocycles. The Morgan fingerprint density at radius 2 is 2.10 bits per heavy atom. The Bertz CT molecular complexity index is 114. The first-order valence-corrected chi connectivity index (χ1v) is 3.37. The molecule has 0 bridgehead atoms. The van der Waals surface area contributed by atoms with Crippen LogP contribution in [0.3, 0.4) is 0 Å². The van der Waals surface area contributed by atoms with Gasteiger partial charge in [0.25, 0.3) is 0 Å². The zero-order valence-corrected chi connectivity index (χ0v) is 5.79. The highest BCUT2D eigenvalue weighted by atomic mass is 16.5. The number of hydrogen-bond donors (Lipinski definition) is 2. The van der Waals surface area contributed by atoms with E-state index in [-0.39, 0.29) is 19.2 Å². The third kappa shape index (κ3) is 1.33. The van der Waals surface area contributed by atoms with Gasteiger partial charge in [-0.15, -0.1) is 0 Å². The van der Waals surface area contributed by atoms with Gasteiger partial charge in [0.15, 0.2) is 0 Å². The van der Waals surface area contributed by atoms with Gasteiger partial charge in [0.2, 0.25) is 0 Å². The molecule has 1 rings (SSSR count). The third-order valence-corrected chi connectivity index (χ3v) is 1.86. The molecule has 1 aliphatic rings. The van der Waals surface area contributed by atoms with E-state index in [1.807, 2.05) is 0 Å². The second-order valence-electron chi connectivity index (χ2n) is 2.69. The summed E-state index contributed by atoms with van der Waals surface area (Å²) in [6, 6.07) is -0.320. The second kappa shape index (κ2) is 2.90. The van der Waals surface area contributed by atoms with Crippen LogP contribution in [0.2, 0.25) is 0 Å². The van der Waals surface area contributed by atoms with Gasteiger partial charge in [-0.1, -0.05) is 0 Å². The topological polar surface area (TPSA) is 49.7 Å². The van der Waals surface area contributed by atoms with Gasteiger partial charge in [-0.05, 0) is 12.8 Å². The minimum absolute atomic E-state index is 0.156. The first kappa shape index (κ1) is 8.05. The maximum atomic E-state index is 8.79. The molecule has 1 saturated heterocycles. The van der Waals surface area contributed by atoms with Crippen molar-refractivity contribution in [3.63, 3.8) is 0 Å². The second-order valence-corrected chi connectivity index (χ2v) is 2.69. The summed E-state index contributed by atoms with van der Waals surface area (Å²) in [6.45, 7) is -0.311. The van der Waals surface area contributed by atoms with Crippen LogP contribution >= 0.6 is 0 Å². The number of ether oxygens (including phenoxy) is 1. The molecule has 4 heteroatoms. The summed E-state index contributed by atoms with van der Waals surface area (Å²) in [5, 5.41) is 17.6. The Balaban J connectivity index is 2.51. The summed E-state index contributed by atoms with van der Waals surface area (Å²) >= 11 is 0. The normalized spacial score (nSPS) is 30.8. The van der Waals surface area contributed by atoms with Crippen LogP contribution in [0, 0.1) is 0 Å². The van der Waals surface area contributed by atoms with Crippen LogP contribution in [0.1, 0.15) is 12.8 Å². The maximum Gasteiger partial charge on any atom is 0.113 e. The van der Waals surface area contributed by atoms with E-state index in [9.17, 15) is 0 Å². The average molecular weight is 142 g/mol. The van der Waals surface area contributed by atoms with E-state index >= 15 is 0 Å². The summed E-state index contributed by atoms with van der Waals surface area (Å²) in [7, 11) is 5.42. The lowest BCUT2D eigenvalue weighted by Crippen LogP contribution is -2.37. The van der Waals surface area contributed by atoms with Gasteiger partial charge >= 0.3 is 0 Å². The van der Waals surface area contributed by atoms with Crippen molar-refractivity contribution < 1.29 is 14.9 Å². The van der Waals surface area contributed by atoms with Gasteiger partial charge in [0.05, 0.1) is 13.2 Å². The lowest BCUT2D eigenvalue weighted by Gasteiger charge is -2.23. The van der Waals surface area contributed by atoms with Crippen molar-refractivity contribution in [2.45, 2.75) is 24.4 Å². The molecule has 0 aromatic rings. The number of hydrogen-bond acceptors (Lipinski definition) is 3. The molecule has 1 atom stereocenters. The predicted molar refractivity (Wildman–Crippen MR) is 36.8 cm³/mol. The molecule has 2 N–H and O–H groups in total. The molecule has 0 aromatic carbocycles. The van der Waals surface area contributed by atoms with Crippen molar-refractivity contribution in [1.82, 2.24) is 0 Å².